The van der Waals surface area contributed by atoms with Crippen LogP contribution in [0.15, 0.2) is 48.5 Å². The molecule has 2 aromatic rings. The highest BCUT2D eigenvalue weighted by Gasteiger charge is 2.10. The highest BCUT2D eigenvalue weighted by Crippen LogP contribution is 2.28. The zero-order valence-corrected chi connectivity index (χ0v) is 13.4. The number of anilines is 1. The molecular formula is C18H19NO5. The third-order valence-corrected chi connectivity index (χ3v) is 3.34. The van der Waals surface area contributed by atoms with Gasteiger partial charge in [-0.15, -0.1) is 0 Å². The van der Waals surface area contributed by atoms with Crippen molar-refractivity contribution in [3.8, 4) is 11.5 Å². The maximum absolute atomic E-state index is 11.1. The Bertz CT molecular complexity index is 742. The van der Waals surface area contributed by atoms with Gasteiger partial charge in [0.2, 0.25) is 0 Å². The molecule has 1 atom stereocenters. The van der Waals surface area contributed by atoms with Crippen molar-refractivity contribution < 1.29 is 24.5 Å². The molecule has 24 heavy (non-hydrogen) atoms. The van der Waals surface area contributed by atoms with Crippen molar-refractivity contribution in [2.24, 2.45) is 0 Å². The van der Waals surface area contributed by atoms with Crippen LogP contribution in [0.1, 0.15) is 15.9 Å². The summed E-state index contributed by atoms with van der Waals surface area (Å²) < 4.78 is 10.4. The Morgan fingerprint density at radius 3 is 2.50 bits per heavy atom. The number of hydrogen-bond acceptors (Lipinski definition) is 5. The van der Waals surface area contributed by atoms with E-state index in [2.05, 4.69) is 5.32 Å². The molecule has 0 saturated heterocycles. The van der Waals surface area contributed by atoms with E-state index in [4.69, 9.17) is 14.6 Å². The van der Waals surface area contributed by atoms with Gasteiger partial charge in [-0.2, -0.15) is 0 Å². The molecule has 0 aliphatic carbocycles. The Balaban J connectivity index is 2.11. The number of aliphatic hydroxyl groups excluding tert-OH is 1. The van der Waals surface area contributed by atoms with E-state index >= 15 is 0 Å². The lowest BCUT2D eigenvalue weighted by molar-refractivity contribution is 0.0698. The van der Waals surface area contributed by atoms with E-state index in [0.29, 0.717) is 17.2 Å². The number of carboxylic acid groups (broad SMARTS) is 1. The van der Waals surface area contributed by atoms with Gasteiger partial charge in [-0.05, 0) is 35.9 Å². The summed E-state index contributed by atoms with van der Waals surface area (Å²) in [4.78, 5) is 11.1. The van der Waals surface area contributed by atoms with Crippen molar-refractivity contribution in [1.29, 1.82) is 0 Å². The largest absolute Gasteiger partial charge is 0.493 e. The second-order valence-electron chi connectivity index (χ2n) is 4.91. The number of aromatic carboxylic acids is 1. The SMILES string of the molecule is COc1ccc(C=CC(O)Nc2ccccc2C(=O)O)cc1OC. The van der Waals surface area contributed by atoms with Crippen LogP contribution in [0, 0.1) is 0 Å². The van der Waals surface area contributed by atoms with Gasteiger partial charge in [-0.1, -0.05) is 24.3 Å². The van der Waals surface area contributed by atoms with Crippen molar-refractivity contribution in [2.75, 3.05) is 19.5 Å². The van der Waals surface area contributed by atoms with Crippen molar-refractivity contribution in [3.05, 3.63) is 59.7 Å². The minimum atomic E-state index is -1.06. The first-order chi connectivity index (χ1) is 11.5. The number of hydrogen-bond donors (Lipinski definition) is 3. The number of carboxylic acids is 1. The summed E-state index contributed by atoms with van der Waals surface area (Å²) in [5, 5.41) is 21.9. The van der Waals surface area contributed by atoms with Gasteiger partial charge in [0.1, 0.15) is 6.23 Å². The maximum Gasteiger partial charge on any atom is 0.337 e. The molecule has 0 spiro atoms. The molecule has 0 aromatic heterocycles. The second kappa shape index (κ2) is 8.03. The molecule has 0 aliphatic heterocycles. The first-order valence-electron chi connectivity index (χ1n) is 7.22. The van der Waals surface area contributed by atoms with Crippen LogP contribution in [0.4, 0.5) is 5.69 Å². The third-order valence-electron chi connectivity index (χ3n) is 3.34. The lowest BCUT2D eigenvalue weighted by atomic mass is 10.1. The molecular weight excluding hydrogens is 310 g/mol. The van der Waals surface area contributed by atoms with E-state index in [1.54, 1.807) is 50.6 Å². The smallest absolute Gasteiger partial charge is 0.337 e. The number of carbonyl (C=O) groups is 1. The molecule has 6 nitrogen and oxygen atoms in total. The van der Waals surface area contributed by atoms with Gasteiger partial charge in [-0.25, -0.2) is 4.79 Å². The molecule has 2 aromatic carbocycles. The quantitative estimate of drug-likeness (QED) is 0.677. The number of ether oxygens (including phenoxy) is 2. The van der Waals surface area contributed by atoms with Gasteiger partial charge < -0.3 is 25.0 Å². The number of benzene rings is 2. The minimum absolute atomic E-state index is 0.0936. The Kier molecular flexibility index (Phi) is 5.81. The first kappa shape index (κ1) is 17.4. The maximum atomic E-state index is 11.1. The van der Waals surface area contributed by atoms with E-state index in [1.165, 1.54) is 12.1 Å². The zero-order chi connectivity index (χ0) is 17.5. The molecule has 0 bridgehead atoms. The number of nitrogens with one attached hydrogen (secondary N) is 1. The molecule has 0 fully saturated rings. The van der Waals surface area contributed by atoms with Crippen LogP contribution in [0.3, 0.4) is 0 Å². The summed E-state index contributed by atoms with van der Waals surface area (Å²) in [6.45, 7) is 0. The fourth-order valence-corrected chi connectivity index (χ4v) is 2.16. The fourth-order valence-electron chi connectivity index (χ4n) is 2.16. The fraction of sp³-hybridized carbons (Fsp3) is 0.167. The van der Waals surface area contributed by atoms with Crippen LogP contribution in [0.2, 0.25) is 0 Å². The van der Waals surface area contributed by atoms with Crippen LogP contribution < -0.4 is 14.8 Å². The highest BCUT2D eigenvalue weighted by atomic mass is 16.5. The van der Waals surface area contributed by atoms with Crippen LogP contribution >= 0.6 is 0 Å². The standard InChI is InChI=1S/C18H19NO5/c1-23-15-9-7-12(11-16(15)24-2)8-10-17(20)19-14-6-4-3-5-13(14)18(21)22/h3-11,17,19-20H,1-2H3,(H,21,22). The summed E-state index contributed by atoms with van der Waals surface area (Å²) in [5.41, 5.74) is 1.24. The van der Waals surface area contributed by atoms with Crippen molar-refractivity contribution in [1.82, 2.24) is 0 Å². The molecule has 126 valence electrons. The first-order valence-corrected chi connectivity index (χ1v) is 7.22. The van der Waals surface area contributed by atoms with E-state index < -0.39 is 12.2 Å². The molecule has 0 amide bonds. The predicted molar refractivity (Wildman–Crippen MR) is 91.6 cm³/mol. The van der Waals surface area contributed by atoms with Gasteiger partial charge in [0, 0.05) is 0 Å². The average molecular weight is 329 g/mol. The van der Waals surface area contributed by atoms with Crippen molar-refractivity contribution in [3.63, 3.8) is 0 Å². The number of rotatable bonds is 7. The minimum Gasteiger partial charge on any atom is -0.493 e. The summed E-state index contributed by atoms with van der Waals surface area (Å²) in [6.07, 6.45) is 2.17. The van der Waals surface area contributed by atoms with E-state index in [9.17, 15) is 9.90 Å². The van der Waals surface area contributed by atoms with Crippen LogP contribution in [-0.2, 0) is 0 Å². The number of aliphatic hydroxyl groups is 1. The third kappa shape index (κ3) is 4.27. The van der Waals surface area contributed by atoms with Crippen LogP contribution in [-0.4, -0.2) is 36.6 Å². The topological polar surface area (TPSA) is 88.0 Å². The van der Waals surface area contributed by atoms with Gasteiger partial charge >= 0.3 is 5.97 Å². The monoisotopic (exact) mass is 329 g/mol. The van der Waals surface area contributed by atoms with Gasteiger partial charge in [0.25, 0.3) is 0 Å². The van der Waals surface area contributed by atoms with Crippen LogP contribution in [0.5, 0.6) is 11.5 Å². The molecule has 3 N–H and O–H groups in total. The van der Waals surface area contributed by atoms with Crippen molar-refractivity contribution >= 4 is 17.7 Å². The van der Waals surface area contributed by atoms with E-state index in [1.807, 2.05) is 6.07 Å². The highest BCUT2D eigenvalue weighted by molar-refractivity contribution is 5.94. The molecule has 0 heterocycles. The lowest BCUT2D eigenvalue weighted by Crippen LogP contribution is -2.17. The number of para-hydroxylation sites is 1. The Hall–Kier alpha value is -2.99. The second-order valence-corrected chi connectivity index (χ2v) is 4.91. The van der Waals surface area contributed by atoms with E-state index in [-0.39, 0.29) is 5.56 Å². The van der Waals surface area contributed by atoms with Crippen molar-refractivity contribution in [2.45, 2.75) is 6.23 Å². The predicted octanol–water partition coefficient (Wildman–Crippen LogP) is 2.85. The Morgan fingerprint density at radius 1 is 1.12 bits per heavy atom. The molecule has 0 aliphatic rings. The summed E-state index contributed by atoms with van der Waals surface area (Å²) >= 11 is 0. The Labute approximate surface area is 140 Å². The molecule has 2 rings (SSSR count). The summed E-state index contributed by atoms with van der Waals surface area (Å²) in [7, 11) is 3.10. The molecule has 6 heteroatoms. The normalized spacial score (nSPS) is 12.0. The average Bonchev–Trinajstić information content (AvgIpc) is 2.59. The summed E-state index contributed by atoms with van der Waals surface area (Å²) in [6, 6.07) is 11.7. The zero-order valence-electron chi connectivity index (χ0n) is 13.4. The van der Waals surface area contributed by atoms with Gasteiger partial charge in [0.15, 0.2) is 11.5 Å². The van der Waals surface area contributed by atoms with E-state index in [0.717, 1.165) is 5.56 Å². The van der Waals surface area contributed by atoms with Gasteiger partial charge in [0.05, 0.1) is 25.5 Å². The number of methoxy groups -OCH3 is 2. The summed E-state index contributed by atoms with van der Waals surface area (Å²) in [5.74, 6) is 0.135. The van der Waals surface area contributed by atoms with Crippen LogP contribution in [0.25, 0.3) is 6.08 Å². The Morgan fingerprint density at radius 2 is 1.83 bits per heavy atom. The molecule has 0 radical (unpaired) electrons. The molecule has 0 saturated carbocycles. The molecule has 1 unspecified atom stereocenters. The lowest BCUT2D eigenvalue weighted by Gasteiger charge is -2.13. The van der Waals surface area contributed by atoms with Gasteiger partial charge in [-0.3, -0.25) is 0 Å².